The predicted molar refractivity (Wildman–Crippen MR) is 451 cm³/mol. The van der Waals surface area contributed by atoms with E-state index in [0.29, 0.717) is 11.2 Å². The maximum Gasteiger partial charge on any atom is 0.219 e. The minimum Gasteiger partial charge on any atom is -0.500 e. The molecule has 8 aromatic carbocycles. The van der Waals surface area contributed by atoms with Crippen molar-refractivity contribution in [1.82, 2.24) is 18.3 Å². The minimum absolute atomic E-state index is 0.0582. The van der Waals surface area contributed by atoms with Gasteiger partial charge in [0.2, 0.25) is 44.8 Å². The van der Waals surface area contributed by atoms with Gasteiger partial charge in [-0.25, -0.2) is 0 Å². The van der Waals surface area contributed by atoms with Gasteiger partial charge in [0.15, 0.2) is 23.5 Å². The monoisotopic (exact) mass is 1480 g/mol. The van der Waals surface area contributed by atoms with Crippen molar-refractivity contribution in [3.8, 4) is 11.5 Å². The van der Waals surface area contributed by atoms with Gasteiger partial charge in [-0.05, 0) is 105 Å². The molecule has 112 heavy (non-hydrogen) atoms. The molecular formula is C100H100N4O8+4. The average molecular weight is 1490 g/mol. The van der Waals surface area contributed by atoms with E-state index < -0.39 is 23.7 Å². The third-order valence-corrected chi connectivity index (χ3v) is 24.9. The second-order valence-corrected chi connectivity index (χ2v) is 35.1. The van der Waals surface area contributed by atoms with Crippen molar-refractivity contribution in [2.75, 3.05) is 42.7 Å². The number of nitrogens with zero attached hydrogens (tertiary/aromatic N) is 4. The van der Waals surface area contributed by atoms with Crippen LogP contribution in [0.3, 0.4) is 0 Å². The quantitative estimate of drug-likeness (QED) is 0.112. The van der Waals surface area contributed by atoms with Gasteiger partial charge in [-0.1, -0.05) is 168 Å². The maximum atomic E-state index is 8.42. The Labute approximate surface area is 656 Å². The van der Waals surface area contributed by atoms with Crippen molar-refractivity contribution in [3.63, 3.8) is 0 Å². The highest BCUT2D eigenvalue weighted by atomic mass is 16.5. The van der Waals surface area contributed by atoms with Gasteiger partial charge in [0, 0.05) is 107 Å². The lowest BCUT2D eigenvalue weighted by Crippen LogP contribution is -2.44. The van der Waals surface area contributed by atoms with Crippen LogP contribution in [0.15, 0.2) is 263 Å². The number of methoxy groups -OCH3 is 6. The van der Waals surface area contributed by atoms with Crippen LogP contribution in [0.25, 0.3) is 21.9 Å². The molecule has 0 spiro atoms. The van der Waals surface area contributed by atoms with Crippen LogP contribution in [0.5, 0.6) is 11.5 Å². The van der Waals surface area contributed by atoms with Crippen LogP contribution in [-0.2, 0) is 40.6 Å². The first kappa shape index (κ1) is 72.1. The average Bonchev–Trinajstić information content (AvgIpc) is 1.50. The van der Waals surface area contributed by atoms with Crippen LogP contribution < -0.4 is 38.5 Å². The second-order valence-electron chi connectivity index (χ2n) is 35.1. The number of hydrogen-bond acceptors (Lipinski definition) is 8. The van der Waals surface area contributed by atoms with Gasteiger partial charge in [0.1, 0.15) is 80.9 Å². The smallest absolute Gasteiger partial charge is 0.219 e. The van der Waals surface area contributed by atoms with Crippen LogP contribution in [-0.4, -0.2) is 66.2 Å². The Kier molecular flexibility index (Phi) is 17.1. The number of allylic oxidation sites excluding steroid dienone is 12. The Morgan fingerprint density at radius 3 is 0.955 bits per heavy atom. The molecule has 8 aliphatic rings. The van der Waals surface area contributed by atoms with Crippen molar-refractivity contribution in [2.24, 2.45) is 11.8 Å². The summed E-state index contributed by atoms with van der Waals surface area (Å²) in [5.41, 5.74) is 18.4. The van der Waals surface area contributed by atoms with Gasteiger partial charge >= 0.3 is 0 Å². The molecule has 18 rings (SSSR count). The summed E-state index contributed by atoms with van der Waals surface area (Å²) < 4.78 is 67.1. The summed E-state index contributed by atoms with van der Waals surface area (Å²) in [5.74, 6) is 3.64. The Morgan fingerprint density at radius 2 is 0.634 bits per heavy atom. The molecule has 4 aliphatic heterocycles. The Hall–Kier alpha value is -11.5. The molecule has 4 aliphatic carbocycles. The number of ether oxygens (including phenoxy) is 6. The molecule has 2 aromatic heterocycles. The molecule has 12 heteroatoms. The van der Waals surface area contributed by atoms with Gasteiger partial charge in [-0.15, -0.1) is 0 Å². The third-order valence-electron chi connectivity index (χ3n) is 24.9. The number of furan rings is 2. The molecule has 564 valence electrons. The zero-order chi connectivity index (χ0) is 77.9. The van der Waals surface area contributed by atoms with E-state index in [4.69, 9.17) is 37.3 Å². The van der Waals surface area contributed by atoms with Crippen LogP contribution in [0.4, 0.5) is 34.1 Å². The minimum atomic E-state index is -0.522. The summed E-state index contributed by atoms with van der Waals surface area (Å²) in [6, 6.07) is 58.0. The Balaban J connectivity index is 1.02. The molecule has 0 bridgehead atoms. The van der Waals surface area contributed by atoms with Crippen molar-refractivity contribution in [2.45, 2.75) is 141 Å². The first-order valence-corrected chi connectivity index (χ1v) is 39.5. The van der Waals surface area contributed by atoms with Crippen LogP contribution in [0.1, 0.15) is 163 Å². The number of benzene rings is 8. The predicted octanol–water partition coefficient (Wildman–Crippen LogP) is 20.7. The Bertz CT molecular complexity index is 5820. The van der Waals surface area contributed by atoms with Gasteiger partial charge in [0.05, 0.1) is 76.4 Å². The van der Waals surface area contributed by atoms with Gasteiger partial charge in [-0.2, -0.15) is 18.3 Å². The molecule has 10 aromatic rings. The highest BCUT2D eigenvalue weighted by molar-refractivity contribution is 6.08. The lowest BCUT2D eigenvalue weighted by Gasteiger charge is -2.35. The number of fused-ring (bicyclic) bond motifs is 8. The molecular weight excluding hydrogens is 1390 g/mol. The first-order chi connectivity index (χ1) is 53.9. The Morgan fingerprint density at radius 1 is 0.312 bits per heavy atom. The molecule has 12 nitrogen and oxygen atoms in total. The zero-order valence-corrected chi connectivity index (χ0v) is 67.6. The summed E-state index contributed by atoms with van der Waals surface area (Å²) >= 11 is 0. The fraction of sp³-hybridized carbons (Fsp3) is 0.300. The zero-order valence-electron chi connectivity index (χ0n) is 67.6. The van der Waals surface area contributed by atoms with Gasteiger partial charge in [0.25, 0.3) is 0 Å². The largest absolute Gasteiger partial charge is 0.500 e. The SMILES string of the molecule is COC1=CC=CC2=[N+](c3ccc(C(C)(C)C)cc3)c3cccc(OC)c3C(c3oc4/c(=c5\ccc6c7c(c(C8c9c(OC)cccc9[N+](c9ccc(C(C)(C)C)cc9)=C9C=CC=C(OC)C98)oc57)C5C(OC)=CC=CC5[N+]=6c5ccc(C(C)(C)C)cc5)ccc5c4c3C3C(OC)=CC=CC3[N+]=5c3ccc(C(C)(C)C)cc3)C12. The van der Waals surface area contributed by atoms with Crippen molar-refractivity contribution in [1.29, 1.82) is 0 Å². The molecule has 0 radical (unpaired) electrons. The summed E-state index contributed by atoms with van der Waals surface area (Å²) in [6.07, 6.45) is 26.3. The van der Waals surface area contributed by atoms with E-state index in [2.05, 4.69) is 332 Å². The normalized spacial score (nSPS) is 21.8. The second kappa shape index (κ2) is 26.6. The lowest BCUT2D eigenvalue weighted by molar-refractivity contribution is 0.241. The van der Waals surface area contributed by atoms with E-state index in [1.807, 2.05) is 14.2 Å². The van der Waals surface area contributed by atoms with Gasteiger partial charge in [-0.3, -0.25) is 0 Å². The van der Waals surface area contributed by atoms with Crippen molar-refractivity contribution < 1.29 is 37.3 Å². The maximum absolute atomic E-state index is 8.42. The third kappa shape index (κ3) is 11.1. The van der Waals surface area contributed by atoms with Gasteiger partial charge < -0.3 is 37.3 Å². The van der Waals surface area contributed by atoms with Crippen molar-refractivity contribution in [3.05, 3.63) is 331 Å². The van der Waals surface area contributed by atoms with Crippen LogP contribution in [0.2, 0.25) is 0 Å². The molecule has 0 N–H and O–H groups in total. The molecule has 0 amide bonds. The molecule has 0 fully saturated rings. The number of rotatable bonds is 12. The molecule has 8 unspecified atom stereocenters. The molecule has 0 saturated heterocycles. The fourth-order valence-electron chi connectivity index (χ4n) is 19.4. The van der Waals surface area contributed by atoms with Crippen LogP contribution >= 0.6 is 0 Å². The molecule has 6 heterocycles. The van der Waals surface area contributed by atoms with E-state index in [1.54, 1.807) is 28.4 Å². The first-order valence-electron chi connectivity index (χ1n) is 39.5. The standard InChI is InChI=1S/C100H100N4O8/c1-97(2,3)57-37-45-61(46-38-57)101-67-25-19-31-75(105-13)81(67)89(82-68(101)26-20-32-76(82)106-14)95-91-85-71(29-23-35-79(85)109-17)103(63-49-41-59(42-50-63)99(7,8)9)73-55-53-65(93(111-95)87(73)91)66-54-56-74-88-92(86-72(30-24-36-80(86)110-18)104(74)64-51-43-60(44-52-64)100(10,11)12)96(112-94(66)88)90-83-69(27-21-33-77(83)107-15)102(70-28-22-34-78(108-16)84(70)90)62-47-39-58(40-48-62)98(4,5)6/h19-56,71-72,81,83,85-86,89-90H,1-18H3/q+4/b66-65+. The van der Waals surface area contributed by atoms with Crippen molar-refractivity contribution >= 4 is 67.5 Å². The molecule has 8 atom stereocenters. The highest BCUT2D eigenvalue weighted by Gasteiger charge is 2.57. The summed E-state index contributed by atoms with van der Waals surface area (Å²) in [4.78, 5) is 0. The van der Waals surface area contributed by atoms with Crippen LogP contribution in [0, 0.1) is 22.3 Å². The molecule has 0 saturated carbocycles. The van der Waals surface area contributed by atoms with E-state index >= 15 is 0 Å². The summed E-state index contributed by atoms with van der Waals surface area (Å²) in [6.45, 7) is 27.2. The summed E-state index contributed by atoms with van der Waals surface area (Å²) in [7, 11) is 10.8. The van der Waals surface area contributed by atoms with E-state index in [0.717, 1.165) is 146 Å². The lowest BCUT2D eigenvalue weighted by atomic mass is 9.71. The van der Waals surface area contributed by atoms with E-state index in [1.165, 1.54) is 22.3 Å². The summed E-state index contributed by atoms with van der Waals surface area (Å²) in [5, 5.41) is 5.68. The fourth-order valence-corrected chi connectivity index (χ4v) is 19.4. The topological polar surface area (TPSA) is 93.7 Å². The highest BCUT2D eigenvalue weighted by Crippen LogP contribution is 2.59. The van der Waals surface area contributed by atoms with E-state index in [9.17, 15) is 0 Å². The van der Waals surface area contributed by atoms with E-state index in [-0.39, 0.29) is 45.6 Å². The number of hydrogen-bond donors (Lipinski definition) is 0.